The molecule has 1 aliphatic heterocycles. The molecule has 0 nitrogen and oxygen atoms in total. The van der Waals surface area contributed by atoms with Crippen molar-refractivity contribution < 1.29 is 4.39 Å². The Morgan fingerprint density at radius 1 is 0.962 bits per heavy atom. The molecule has 26 heavy (non-hydrogen) atoms. The Morgan fingerprint density at radius 2 is 1.54 bits per heavy atom. The Bertz CT molecular complexity index is 593. The highest BCUT2D eigenvalue weighted by Gasteiger charge is 2.31. The first kappa shape index (κ1) is 20.4. The van der Waals surface area contributed by atoms with E-state index >= 15 is 0 Å². The number of halogens is 3. The van der Waals surface area contributed by atoms with Crippen LogP contribution in [0.1, 0.15) is 68.9 Å². The number of benzene rings is 1. The zero-order chi connectivity index (χ0) is 18.5. The lowest BCUT2D eigenvalue weighted by Gasteiger charge is -2.37. The average Bonchev–Trinajstić information content (AvgIpc) is 2.68. The van der Waals surface area contributed by atoms with Gasteiger partial charge in [-0.25, -0.2) is 4.39 Å². The maximum absolute atomic E-state index is 13.8. The second-order valence-corrected chi connectivity index (χ2v) is 12.8. The molecule has 2 aliphatic rings. The molecular formula is C22H31Cl2FSi. The molecule has 1 aliphatic carbocycles. The van der Waals surface area contributed by atoms with Gasteiger partial charge in [0, 0.05) is 14.4 Å². The van der Waals surface area contributed by atoms with Crippen molar-refractivity contribution in [3.05, 3.63) is 39.9 Å². The van der Waals surface area contributed by atoms with Crippen LogP contribution in [0.25, 0.3) is 5.83 Å². The SMILES string of the molecule is CCC[Si@H]1CC[C@H](C2CCC(c3ccc(C(F)=C(Cl)Cl)cc3)CC2)CC1. The predicted molar refractivity (Wildman–Crippen MR) is 115 cm³/mol. The molecule has 1 saturated carbocycles. The molecule has 1 aromatic rings. The largest absolute Gasteiger partial charge is 0.204 e. The molecule has 0 radical (unpaired) electrons. The molecule has 0 amide bonds. The van der Waals surface area contributed by atoms with Crippen LogP contribution in [-0.4, -0.2) is 8.80 Å². The Morgan fingerprint density at radius 3 is 2.08 bits per heavy atom. The van der Waals surface area contributed by atoms with Crippen molar-refractivity contribution in [3.8, 4) is 0 Å². The van der Waals surface area contributed by atoms with Crippen LogP contribution in [0.15, 0.2) is 28.8 Å². The van der Waals surface area contributed by atoms with Crippen LogP contribution < -0.4 is 0 Å². The molecule has 4 heteroatoms. The summed E-state index contributed by atoms with van der Waals surface area (Å²) >= 11 is 11.1. The van der Waals surface area contributed by atoms with Crippen LogP contribution >= 0.6 is 23.2 Å². The van der Waals surface area contributed by atoms with Crippen LogP contribution in [0, 0.1) is 11.8 Å². The Balaban J connectivity index is 1.50. The van der Waals surface area contributed by atoms with Crippen molar-refractivity contribution in [2.24, 2.45) is 11.8 Å². The highest BCUT2D eigenvalue weighted by molar-refractivity contribution is 6.59. The minimum absolute atomic E-state index is 0.296. The third kappa shape index (κ3) is 5.14. The fourth-order valence-corrected chi connectivity index (χ4v) is 8.99. The van der Waals surface area contributed by atoms with Crippen molar-refractivity contribution in [2.75, 3.05) is 0 Å². The van der Waals surface area contributed by atoms with Gasteiger partial charge in [-0.3, -0.25) is 0 Å². The molecule has 3 rings (SSSR count). The van der Waals surface area contributed by atoms with E-state index in [2.05, 4.69) is 19.1 Å². The van der Waals surface area contributed by atoms with Gasteiger partial charge in [0.25, 0.3) is 0 Å². The maximum atomic E-state index is 13.8. The van der Waals surface area contributed by atoms with Gasteiger partial charge < -0.3 is 0 Å². The van der Waals surface area contributed by atoms with Gasteiger partial charge in [-0.1, -0.05) is 91.8 Å². The Hall–Kier alpha value is -0.313. The smallest absolute Gasteiger partial charge is 0.160 e. The van der Waals surface area contributed by atoms with E-state index in [4.69, 9.17) is 23.2 Å². The summed E-state index contributed by atoms with van der Waals surface area (Å²) in [5, 5.41) is 0. The molecule has 0 atom stereocenters. The zero-order valence-electron chi connectivity index (χ0n) is 15.8. The van der Waals surface area contributed by atoms with E-state index in [9.17, 15) is 4.39 Å². The summed E-state index contributed by atoms with van der Waals surface area (Å²) in [4.78, 5) is 0. The summed E-state index contributed by atoms with van der Waals surface area (Å²) in [6.45, 7) is 2.35. The van der Waals surface area contributed by atoms with Crippen LogP contribution in [0.2, 0.25) is 18.1 Å². The van der Waals surface area contributed by atoms with E-state index in [0.29, 0.717) is 11.5 Å². The molecular weight excluding hydrogens is 382 g/mol. The highest BCUT2D eigenvalue weighted by atomic mass is 35.5. The lowest BCUT2D eigenvalue weighted by molar-refractivity contribution is 0.216. The normalized spacial score (nSPS) is 29.4. The van der Waals surface area contributed by atoms with Crippen molar-refractivity contribution in [1.29, 1.82) is 0 Å². The van der Waals surface area contributed by atoms with Gasteiger partial charge in [0.05, 0.1) is 0 Å². The van der Waals surface area contributed by atoms with Gasteiger partial charge in [0.2, 0.25) is 0 Å². The molecule has 0 N–H and O–H groups in total. The highest BCUT2D eigenvalue weighted by Crippen LogP contribution is 2.43. The van der Waals surface area contributed by atoms with Gasteiger partial charge in [-0.05, 0) is 49.0 Å². The van der Waals surface area contributed by atoms with E-state index in [0.717, 1.165) is 11.8 Å². The summed E-state index contributed by atoms with van der Waals surface area (Å²) < 4.78 is 13.5. The monoisotopic (exact) mass is 412 g/mol. The average molecular weight is 413 g/mol. The van der Waals surface area contributed by atoms with Gasteiger partial charge in [-0.15, -0.1) is 0 Å². The summed E-state index contributed by atoms with van der Waals surface area (Å²) in [5.41, 5.74) is 1.81. The Kier molecular flexibility index (Phi) is 7.66. The van der Waals surface area contributed by atoms with Crippen molar-refractivity contribution in [3.63, 3.8) is 0 Å². The summed E-state index contributed by atoms with van der Waals surface area (Å²) in [6, 6.07) is 12.5. The number of hydrogen-bond acceptors (Lipinski definition) is 0. The quantitative estimate of drug-likeness (QED) is 0.428. The molecule has 0 spiro atoms. The fourth-order valence-electron chi connectivity index (χ4n) is 5.29. The first-order chi connectivity index (χ1) is 12.6. The van der Waals surface area contributed by atoms with Crippen LogP contribution in [0.5, 0.6) is 0 Å². The van der Waals surface area contributed by atoms with E-state index in [-0.39, 0.29) is 13.3 Å². The third-order valence-corrected chi connectivity index (χ3v) is 10.9. The molecule has 144 valence electrons. The zero-order valence-corrected chi connectivity index (χ0v) is 18.5. The number of hydrogen-bond donors (Lipinski definition) is 0. The molecule has 2 fully saturated rings. The number of rotatable bonds is 5. The van der Waals surface area contributed by atoms with Crippen molar-refractivity contribution in [1.82, 2.24) is 0 Å². The van der Waals surface area contributed by atoms with E-state index < -0.39 is 5.83 Å². The molecule has 1 heterocycles. The second kappa shape index (κ2) is 9.75. The van der Waals surface area contributed by atoms with Crippen LogP contribution in [0.3, 0.4) is 0 Å². The Labute approximate surface area is 169 Å². The first-order valence-electron chi connectivity index (χ1n) is 10.4. The molecule has 1 aromatic carbocycles. The van der Waals surface area contributed by atoms with E-state index in [1.54, 1.807) is 30.3 Å². The van der Waals surface area contributed by atoms with Crippen molar-refractivity contribution >= 4 is 37.8 Å². The second-order valence-electron chi connectivity index (χ2n) is 8.38. The van der Waals surface area contributed by atoms with Gasteiger partial charge in [0.15, 0.2) is 5.83 Å². The topological polar surface area (TPSA) is 0 Å². The summed E-state index contributed by atoms with van der Waals surface area (Å²) in [5.74, 6) is 2.05. The van der Waals surface area contributed by atoms with Gasteiger partial charge >= 0.3 is 0 Å². The molecule has 0 bridgehead atoms. The van der Waals surface area contributed by atoms with E-state index in [1.165, 1.54) is 50.5 Å². The lowest BCUT2D eigenvalue weighted by Crippen LogP contribution is -2.28. The minimum atomic E-state index is -0.536. The maximum Gasteiger partial charge on any atom is 0.160 e. The predicted octanol–water partition coefficient (Wildman–Crippen LogP) is 8.08. The van der Waals surface area contributed by atoms with Crippen LogP contribution in [-0.2, 0) is 0 Å². The molecule has 0 unspecified atom stereocenters. The van der Waals surface area contributed by atoms with Crippen molar-refractivity contribution in [2.45, 2.75) is 75.9 Å². The minimum Gasteiger partial charge on any atom is -0.204 e. The van der Waals surface area contributed by atoms with Crippen LogP contribution in [0.4, 0.5) is 4.39 Å². The first-order valence-corrected chi connectivity index (χ1v) is 13.6. The fraction of sp³-hybridized carbons (Fsp3) is 0.636. The summed E-state index contributed by atoms with van der Waals surface area (Å²) in [6.07, 6.45) is 9.76. The summed E-state index contributed by atoms with van der Waals surface area (Å²) in [7, 11) is -0.354. The molecule has 1 saturated heterocycles. The standard InChI is InChI=1S/C22H31Cl2FSi/c1-2-13-26-14-11-19(12-15-26)18-5-3-16(4-6-18)17-7-9-20(10-8-17)21(25)22(23)24/h7-10,16,18-19,26H,2-6,11-15H2,1H3/t16?,18?,19-,26-. The molecule has 0 aromatic heterocycles. The van der Waals surface area contributed by atoms with E-state index in [1.807, 2.05) is 0 Å². The van der Waals surface area contributed by atoms with Gasteiger partial charge in [0.1, 0.15) is 4.49 Å². The lowest BCUT2D eigenvalue weighted by atomic mass is 9.72. The third-order valence-electron chi connectivity index (χ3n) is 6.83. The van der Waals surface area contributed by atoms with Gasteiger partial charge in [-0.2, -0.15) is 0 Å².